The SMILES string of the molecule is C[C@@H]1CCCOc2cccc(n2)NCCCNCCCNc2cccc(n2)O[C@H]2CC[C@@]3(C)[C@H](CC[C@@H]4[C@@H]3CC[C@]3(C)[C@@H]1CC[C@@H]43)C2. The molecule has 258 valence electrons. The van der Waals surface area contributed by atoms with Crippen LogP contribution < -0.4 is 25.4 Å². The molecule has 3 N–H and O–H groups in total. The van der Waals surface area contributed by atoms with E-state index in [2.05, 4.69) is 48.9 Å². The number of anilines is 2. The number of rotatable bonds is 0. The second kappa shape index (κ2) is 14.5. The van der Waals surface area contributed by atoms with Crippen molar-refractivity contribution in [2.75, 3.05) is 43.4 Å². The smallest absolute Gasteiger partial charge is 0.215 e. The van der Waals surface area contributed by atoms with Gasteiger partial charge < -0.3 is 25.4 Å². The van der Waals surface area contributed by atoms with Crippen LogP contribution in [-0.4, -0.2) is 48.9 Å². The summed E-state index contributed by atoms with van der Waals surface area (Å²) in [4.78, 5) is 9.58. The minimum atomic E-state index is 0.292. The van der Waals surface area contributed by atoms with Gasteiger partial charge in [0, 0.05) is 25.2 Å². The molecular formula is C40H61N5O2. The molecule has 47 heavy (non-hydrogen) atoms. The molecule has 8 aliphatic rings. The summed E-state index contributed by atoms with van der Waals surface area (Å²) in [5.74, 6) is 8.44. The number of aromatic nitrogens is 2. The van der Waals surface area contributed by atoms with Gasteiger partial charge in [-0.3, -0.25) is 0 Å². The summed E-state index contributed by atoms with van der Waals surface area (Å²) in [6.45, 7) is 12.4. The average Bonchev–Trinajstić information content (AvgIpc) is 3.43. The number of hydrogen-bond acceptors (Lipinski definition) is 7. The van der Waals surface area contributed by atoms with Gasteiger partial charge in [0.15, 0.2) is 0 Å². The van der Waals surface area contributed by atoms with Crippen LogP contribution in [0.1, 0.15) is 104 Å². The second-order valence-corrected chi connectivity index (χ2v) is 16.4. The van der Waals surface area contributed by atoms with Crippen molar-refractivity contribution in [3.63, 3.8) is 0 Å². The van der Waals surface area contributed by atoms with Crippen LogP contribution in [0.2, 0.25) is 0 Å². The van der Waals surface area contributed by atoms with E-state index in [0.29, 0.717) is 16.9 Å². The number of nitrogens with zero attached hydrogens (tertiary/aromatic N) is 2. The summed E-state index contributed by atoms with van der Waals surface area (Å²) in [5.41, 5.74) is 0.977. The first-order chi connectivity index (χ1) is 22.9. The Kier molecular flexibility index (Phi) is 10.2. The Balaban J connectivity index is 1.03. The molecule has 4 aliphatic carbocycles. The minimum Gasteiger partial charge on any atom is -0.478 e. The fourth-order valence-electron chi connectivity index (χ4n) is 11.4. The summed E-state index contributed by atoms with van der Waals surface area (Å²) >= 11 is 0. The lowest BCUT2D eigenvalue weighted by atomic mass is 9.44. The first-order valence-electron chi connectivity index (χ1n) is 19.3. The van der Waals surface area contributed by atoms with E-state index in [1.165, 1.54) is 64.2 Å². The molecule has 10 rings (SSSR count). The molecule has 0 amide bonds. The van der Waals surface area contributed by atoms with Crippen LogP contribution in [0.4, 0.5) is 11.6 Å². The largest absolute Gasteiger partial charge is 0.478 e. The molecule has 0 radical (unpaired) electrons. The van der Waals surface area contributed by atoms with Gasteiger partial charge in [0.05, 0.1) is 6.61 Å². The van der Waals surface area contributed by atoms with Crippen LogP contribution in [0, 0.1) is 46.3 Å². The van der Waals surface area contributed by atoms with Crippen molar-refractivity contribution in [1.29, 1.82) is 0 Å². The summed E-state index contributed by atoms with van der Waals surface area (Å²) in [6, 6.07) is 12.3. The van der Waals surface area contributed by atoms with Gasteiger partial charge in [-0.1, -0.05) is 32.9 Å². The zero-order valence-electron chi connectivity index (χ0n) is 29.4. The molecule has 7 nitrogen and oxygen atoms in total. The molecule has 6 heterocycles. The first-order valence-corrected chi connectivity index (χ1v) is 19.3. The lowest BCUT2D eigenvalue weighted by Crippen LogP contribution is -2.54. The van der Waals surface area contributed by atoms with Crippen LogP contribution in [0.15, 0.2) is 36.4 Å². The predicted molar refractivity (Wildman–Crippen MR) is 191 cm³/mol. The molecule has 0 saturated heterocycles. The third-order valence-electron chi connectivity index (χ3n) is 13.8. The Bertz CT molecular complexity index is 1320. The van der Waals surface area contributed by atoms with E-state index < -0.39 is 0 Å². The van der Waals surface area contributed by atoms with Crippen molar-refractivity contribution in [1.82, 2.24) is 15.3 Å². The molecule has 7 heteroatoms. The Labute approximate surface area is 284 Å². The fourth-order valence-corrected chi connectivity index (χ4v) is 11.4. The van der Waals surface area contributed by atoms with Crippen molar-refractivity contribution in [3.05, 3.63) is 36.4 Å². The monoisotopic (exact) mass is 643 g/mol. The Morgan fingerprint density at radius 3 is 2.15 bits per heavy atom. The van der Waals surface area contributed by atoms with Crippen LogP contribution in [-0.2, 0) is 0 Å². The highest BCUT2D eigenvalue weighted by Crippen LogP contribution is 2.68. The highest BCUT2D eigenvalue weighted by atomic mass is 16.5. The Morgan fingerprint density at radius 1 is 0.681 bits per heavy atom. The van der Waals surface area contributed by atoms with Gasteiger partial charge in [0.1, 0.15) is 17.7 Å². The van der Waals surface area contributed by atoms with Gasteiger partial charge in [0.25, 0.3) is 0 Å². The fraction of sp³-hybridized carbons (Fsp3) is 0.750. The lowest BCUT2D eigenvalue weighted by Gasteiger charge is -2.61. The van der Waals surface area contributed by atoms with E-state index >= 15 is 0 Å². The van der Waals surface area contributed by atoms with E-state index in [9.17, 15) is 0 Å². The second-order valence-electron chi connectivity index (χ2n) is 16.4. The van der Waals surface area contributed by atoms with Gasteiger partial charge in [-0.2, -0.15) is 9.97 Å². The minimum absolute atomic E-state index is 0.292. The van der Waals surface area contributed by atoms with Crippen molar-refractivity contribution in [2.45, 2.75) is 110 Å². The average molecular weight is 644 g/mol. The normalized spacial score (nSPS) is 38.4. The van der Waals surface area contributed by atoms with Gasteiger partial charge in [-0.15, -0.1) is 0 Å². The molecule has 0 unspecified atom stereocenters. The van der Waals surface area contributed by atoms with E-state index in [0.717, 1.165) is 111 Å². The topological polar surface area (TPSA) is 80.3 Å². The van der Waals surface area contributed by atoms with Crippen molar-refractivity contribution in [2.24, 2.45) is 46.3 Å². The third kappa shape index (κ3) is 7.12. The van der Waals surface area contributed by atoms with Crippen LogP contribution >= 0.6 is 0 Å². The zero-order chi connectivity index (χ0) is 32.3. The van der Waals surface area contributed by atoms with Crippen molar-refractivity contribution in [3.8, 4) is 11.8 Å². The van der Waals surface area contributed by atoms with E-state index in [1.54, 1.807) is 0 Å². The molecule has 0 spiro atoms. The number of nitrogens with one attached hydrogen (secondary N) is 3. The first kappa shape index (κ1) is 33.0. The predicted octanol–water partition coefficient (Wildman–Crippen LogP) is 8.59. The molecule has 2 aromatic heterocycles. The third-order valence-corrected chi connectivity index (χ3v) is 13.8. The number of hydrogen-bond donors (Lipinski definition) is 3. The van der Waals surface area contributed by atoms with Crippen LogP contribution in [0.3, 0.4) is 0 Å². The maximum atomic E-state index is 6.62. The Morgan fingerprint density at radius 2 is 1.36 bits per heavy atom. The van der Waals surface area contributed by atoms with Crippen LogP contribution in [0.5, 0.6) is 11.8 Å². The maximum Gasteiger partial charge on any atom is 0.215 e. The number of pyridine rings is 2. The number of ether oxygens (including phenoxy) is 2. The van der Waals surface area contributed by atoms with Gasteiger partial charge >= 0.3 is 0 Å². The summed E-state index contributed by atoms with van der Waals surface area (Å²) < 4.78 is 12.8. The molecule has 4 fully saturated rings. The molecule has 0 aromatic carbocycles. The highest BCUT2D eigenvalue weighted by Gasteiger charge is 2.60. The maximum absolute atomic E-state index is 6.62. The van der Waals surface area contributed by atoms with E-state index in [1.807, 2.05) is 24.3 Å². The Hall–Kier alpha value is -2.54. The molecule has 2 aromatic rings. The quantitative estimate of drug-likeness (QED) is 0.265. The van der Waals surface area contributed by atoms with Crippen molar-refractivity contribution >= 4 is 11.6 Å². The zero-order valence-corrected chi connectivity index (χ0v) is 29.4. The standard InChI is InChI=1S/C40H61N5O2/c1-28-9-6-26-46-37-12-4-10-35(44-37)42-24-7-22-41-23-8-25-43-36-11-5-13-38(45-36)47-30-18-20-39(2)29(27-30)14-15-31-33-17-16-32(28)40(33,3)21-19-34(31)39/h4-5,10-13,28-34,41H,6-9,14-27H2,1-3H3,(H,42,44)(H,43,45)/t28-,29-,30+,31+,32-,33+,34+,39+,40-/m1/s1. The summed E-state index contributed by atoms with van der Waals surface area (Å²) in [6.07, 6.45) is 17.0. The van der Waals surface area contributed by atoms with Gasteiger partial charge in [0.2, 0.25) is 11.8 Å². The van der Waals surface area contributed by atoms with E-state index in [-0.39, 0.29) is 0 Å². The summed E-state index contributed by atoms with van der Waals surface area (Å²) in [5, 5.41) is 10.6. The van der Waals surface area contributed by atoms with Crippen molar-refractivity contribution < 1.29 is 9.47 Å². The van der Waals surface area contributed by atoms with Gasteiger partial charge in [-0.25, -0.2) is 0 Å². The molecular weight excluding hydrogens is 582 g/mol. The lowest BCUT2D eigenvalue weighted by molar-refractivity contribution is -0.127. The molecule has 4 saturated carbocycles. The van der Waals surface area contributed by atoms with E-state index in [4.69, 9.17) is 19.4 Å². The van der Waals surface area contributed by atoms with Gasteiger partial charge in [-0.05, 0) is 155 Å². The molecule has 4 aliphatic heterocycles. The highest BCUT2D eigenvalue weighted by molar-refractivity contribution is 5.37. The summed E-state index contributed by atoms with van der Waals surface area (Å²) in [7, 11) is 0. The molecule has 12 bridgehead atoms. The van der Waals surface area contributed by atoms with Crippen LogP contribution in [0.25, 0.3) is 0 Å². The molecule has 9 atom stereocenters.